The van der Waals surface area contributed by atoms with E-state index in [0.717, 1.165) is 38.9 Å². The van der Waals surface area contributed by atoms with Crippen molar-refractivity contribution in [1.29, 1.82) is 0 Å². The fourth-order valence-corrected chi connectivity index (χ4v) is 4.68. The van der Waals surface area contributed by atoms with Gasteiger partial charge in [0.15, 0.2) is 11.5 Å². The summed E-state index contributed by atoms with van der Waals surface area (Å²) in [5.74, 6) is -0.339. The Balaban J connectivity index is 1.42. The van der Waals surface area contributed by atoms with Crippen LogP contribution in [0.25, 0.3) is 0 Å². The second-order valence-electron chi connectivity index (χ2n) is 8.55. The van der Waals surface area contributed by atoms with Crippen molar-refractivity contribution in [3.05, 3.63) is 47.5 Å². The van der Waals surface area contributed by atoms with Crippen LogP contribution in [0.5, 0.6) is 11.5 Å². The van der Waals surface area contributed by atoms with Gasteiger partial charge in [-0.2, -0.15) is 0 Å². The van der Waals surface area contributed by atoms with E-state index in [9.17, 15) is 9.59 Å². The van der Waals surface area contributed by atoms with Gasteiger partial charge in [0.05, 0.1) is 20.3 Å². The summed E-state index contributed by atoms with van der Waals surface area (Å²) in [6, 6.07) is 11.6. The van der Waals surface area contributed by atoms with Gasteiger partial charge >= 0.3 is 11.8 Å². The van der Waals surface area contributed by atoms with Gasteiger partial charge in [0.1, 0.15) is 0 Å². The zero-order valence-electron chi connectivity index (χ0n) is 19.5. The van der Waals surface area contributed by atoms with Crippen molar-refractivity contribution in [1.82, 2.24) is 10.2 Å². The Kier molecular flexibility index (Phi) is 7.03. The molecule has 0 unspecified atom stereocenters. The predicted octanol–water partition coefficient (Wildman–Crippen LogP) is 2.59. The fourth-order valence-electron chi connectivity index (χ4n) is 4.68. The number of amides is 2. The lowest BCUT2D eigenvalue weighted by molar-refractivity contribution is -0.136. The van der Waals surface area contributed by atoms with Crippen LogP contribution in [0.15, 0.2) is 36.4 Å². The van der Waals surface area contributed by atoms with Crippen LogP contribution in [-0.2, 0) is 16.0 Å². The SMILES string of the molecule is COc1ccc(NC(=O)C(=O)NC[C@H](c2ccc3c(c2)CCN3C)N2CCCC2)cc1OC. The van der Waals surface area contributed by atoms with Crippen LogP contribution in [0, 0.1) is 0 Å². The number of carbonyl (C=O) groups excluding carboxylic acids is 2. The molecule has 176 valence electrons. The molecule has 1 atom stereocenters. The summed E-state index contributed by atoms with van der Waals surface area (Å²) in [4.78, 5) is 29.8. The highest BCUT2D eigenvalue weighted by molar-refractivity contribution is 6.39. The van der Waals surface area contributed by atoms with Crippen molar-refractivity contribution < 1.29 is 19.1 Å². The number of fused-ring (bicyclic) bond motifs is 1. The molecule has 2 aromatic rings. The lowest BCUT2D eigenvalue weighted by Crippen LogP contribution is -2.41. The zero-order valence-corrected chi connectivity index (χ0v) is 19.5. The van der Waals surface area contributed by atoms with E-state index >= 15 is 0 Å². The molecule has 1 fully saturated rings. The van der Waals surface area contributed by atoms with Gasteiger partial charge in [-0.1, -0.05) is 12.1 Å². The molecule has 0 bridgehead atoms. The van der Waals surface area contributed by atoms with Gasteiger partial charge in [0.2, 0.25) is 0 Å². The minimum Gasteiger partial charge on any atom is -0.493 e. The van der Waals surface area contributed by atoms with Crippen molar-refractivity contribution >= 4 is 23.2 Å². The van der Waals surface area contributed by atoms with Crippen LogP contribution in [0.3, 0.4) is 0 Å². The first-order chi connectivity index (χ1) is 16.0. The molecular weight excluding hydrogens is 420 g/mol. The summed E-state index contributed by atoms with van der Waals surface area (Å²) in [6.07, 6.45) is 3.34. The van der Waals surface area contributed by atoms with Gasteiger partial charge in [-0.3, -0.25) is 14.5 Å². The number of nitrogens with zero attached hydrogens (tertiary/aromatic N) is 2. The Morgan fingerprint density at radius 2 is 1.73 bits per heavy atom. The molecular formula is C25H32N4O4. The smallest absolute Gasteiger partial charge is 0.313 e. The van der Waals surface area contributed by atoms with Crippen LogP contribution in [-0.4, -0.2) is 64.2 Å². The largest absolute Gasteiger partial charge is 0.493 e. The summed E-state index contributed by atoms with van der Waals surface area (Å²) in [7, 11) is 5.17. The van der Waals surface area contributed by atoms with Crippen molar-refractivity contribution in [2.75, 3.05) is 57.7 Å². The maximum absolute atomic E-state index is 12.6. The van der Waals surface area contributed by atoms with Crippen molar-refractivity contribution in [3.8, 4) is 11.5 Å². The molecule has 2 amide bonds. The van der Waals surface area contributed by atoms with E-state index in [4.69, 9.17) is 9.47 Å². The number of likely N-dealkylation sites (tertiary alicyclic amines) is 1. The molecule has 33 heavy (non-hydrogen) atoms. The van der Waals surface area contributed by atoms with Crippen LogP contribution in [0.1, 0.15) is 30.0 Å². The highest BCUT2D eigenvalue weighted by Gasteiger charge is 2.27. The Bertz CT molecular complexity index is 1020. The molecule has 0 aliphatic carbocycles. The second kappa shape index (κ2) is 10.1. The predicted molar refractivity (Wildman–Crippen MR) is 128 cm³/mol. The van der Waals surface area contributed by atoms with Crippen LogP contribution >= 0.6 is 0 Å². The fraction of sp³-hybridized carbons (Fsp3) is 0.440. The first kappa shape index (κ1) is 22.9. The van der Waals surface area contributed by atoms with Crippen LogP contribution < -0.4 is 25.0 Å². The summed E-state index contributed by atoms with van der Waals surface area (Å²) < 4.78 is 10.5. The first-order valence-corrected chi connectivity index (χ1v) is 11.4. The summed E-state index contributed by atoms with van der Waals surface area (Å²) in [5, 5.41) is 5.48. The number of anilines is 2. The Hall–Kier alpha value is -3.26. The lowest BCUT2D eigenvalue weighted by atomic mass is 10.0. The van der Waals surface area contributed by atoms with Gasteiger partial charge in [-0.05, 0) is 61.7 Å². The summed E-state index contributed by atoms with van der Waals surface area (Å²) >= 11 is 0. The van der Waals surface area contributed by atoms with Gasteiger partial charge in [0.25, 0.3) is 0 Å². The summed E-state index contributed by atoms with van der Waals surface area (Å²) in [5.41, 5.74) is 4.27. The number of methoxy groups -OCH3 is 2. The van der Waals surface area contributed by atoms with Gasteiger partial charge in [-0.25, -0.2) is 0 Å². The second-order valence-corrected chi connectivity index (χ2v) is 8.55. The van der Waals surface area contributed by atoms with E-state index < -0.39 is 11.8 Å². The van der Waals surface area contributed by atoms with E-state index in [1.54, 1.807) is 25.3 Å². The van der Waals surface area contributed by atoms with E-state index in [1.807, 2.05) is 0 Å². The number of nitrogens with one attached hydrogen (secondary N) is 2. The first-order valence-electron chi connectivity index (χ1n) is 11.4. The topological polar surface area (TPSA) is 83.1 Å². The molecule has 2 aromatic carbocycles. The monoisotopic (exact) mass is 452 g/mol. The molecule has 0 saturated carbocycles. The van der Waals surface area contributed by atoms with Gasteiger partial charge < -0.3 is 25.0 Å². The molecule has 4 rings (SSSR count). The molecule has 2 heterocycles. The highest BCUT2D eigenvalue weighted by Crippen LogP contribution is 2.32. The number of hydrogen-bond acceptors (Lipinski definition) is 6. The van der Waals surface area contributed by atoms with Gasteiger partial charge in [0, 0.05) is 37.6 Å². The molecule has 2 N–H and O–H groups in total. The third kappa shape index (κ3) is 5.06. The van der Waals surface area contributed by atoms with Crippen LogP contribution in [0.2, 0.25) is 0 Å². The maximum Gasteiger partial charge on any atom is 0.313 e. The standard InChI is InChI=1S/C25H32N4O4/c1-28-13-10-18-14-17(6-8-20(18)28)21(29-11-4-5-12-29)16-26-24(30)25(31)27-19-7-9-22(32-2)23(15-19)33-3/h6-9,14-15,21H,4-5,10-13,16H2,1-3H3,(H,26,30)(H,27,31)/t21-/m1/s1. The lowest BCUT2D eigenvalue weighted by Gasteiger charge is -2.28. The third-order valence-corrected chi connectivity index (χ3v) is 6.50. The van der Waals surface area contributed by atoms with Gasteiger partial charge in [-0.15, -0.1) is 0 Å². The molecule has 0 aromatic heterocycles. The van der Waals surface area contributed by atoms with E-state index in [-0.39, 0.29) is 6.04 Å². The molecule has 2 aliphatic heterocycles. The maximum atomic E-state index is 12.6. The zero-order chi connectivity index (χ0) is 23.4. The number of carbonyl (C=O) groups is 2. The van der Waals surface area contributed by atoms with E-state index in [2.05, 4.69) is 45.7 Å². The average molecular weight is 453 g/mol. The number of rotatable bonds is 7. The number of likely N-dealkylation sites (N-methyl/N-ethyl adjacent to an activating group) is 1. The Morgan fingerprint density at radius 3 is 2.45 bits per heavy atom. The van der Waals surface area contributed by atoms with Crippen LogP contribution in [0.4, 0.5) is 11.4 Å². The van der Waals surface area contributed by atoms with Crippen molar-refractivity contribution in [2.45, 2.75) is 25.3 Å². The molecule has 0 spiro atoms. The third-order valence-electron chi connectivity index (χ3n) is 6.50. The molecule has 8 nitrogen and oxygen atoms in total. The number of ether oxygens (including phenoxy) is 2. The number of hydrogen-bond donors (Lipinski definition) is 2. The summed E-state index contributed by atoms with van der Waals surface area (Å²) in [6.45, 7) is 3.40. The Morgan fingerprint density at radius 1 is 0.970 bits per heavy atom. The molecule has 0 radical (unpaired) electrons. The molecule has 1 saturated heterocycles. The highest BCUT2D eigenvalue weighted by atomic mass is 16.5. The molecule has 2 aliphatic rings. The minimum absolute atomic E-state index is 0.0431. The Labute approximate surface area is 194 Å². The normalized spacial score (nSPS) is 16.3. The van der Waals surface area contributed by atoms with E-state index in [1.165, 1.54) is 23.9 Å². The average Bonchev–Trinajstić information content (AvgIpc) is 3.49. The minimum atomic E-state index is -0.710. The van der Waals surface area contributed by atoms with Crippen molar-refractivity contribution in [3.63, 3.8) is 0 Å². The molecule has 8 heteroatoms. The number of benzene rings is 2. The van der Waals surface area contributed by atoms with E-state index in [0.29, 0.717) is 23.7 Å². The quantitative estimate of drug-likeness (QED) is 0.629. The van der Waals surface area contributed by atoms with Crippen molar-refractivity contribution in [2.24, 2.45) is 0 Å².